The number of nitrogens with zero attached hydrogens (tertiary/aromatic N) is 1. The van der Waals surface area contributed by atoms with Crippen molar-refractivity contribution in [3.8, 4) is 0 Å². The first-order valence-electron chi connectivity index (χ1n) is 6.71. The van der Waals surface area contributed by atoms with E-state index in [9.17, 15) is 13.2 Å². The largest absolute Gasteiger partial charge is 0.478 e. The zero-order valence-electron chi connectivity index (χ0n) is 12.5. The number of aliphatic hydroxyl groups excluding tert-OH is 1. The van der Waals surface area contributed by atoms with Gasteiger partial charge in [0.15, 0.2) is 0 Å². The van der Waals surface area contributed by atoms with Crippen LogP contribution < -0.4 is 0 Å². The average molecular weight is 315 g/mol. The summed E-state index contributed by atoms with van der Waals surface area (Å²) in [5.74, 6) is -1.17. The minimum atomic E-state index is -3.82. The molecule has 0 atom stereocenters. The molecular formula is C14H21NO5S. The first kappa shape index (κ1) is 17.6. The van der Waals surface area contributed by atoms with E-state index in [1.807, 2.05) is 6.92 Å². The van der Waals surface area contributed by atoms with Crippen LogP contribution in [0, 0.1) is 13.8 Å². The van der Waals surface area contributed by atoms with Crippen LogP contribution in [0.25, 0.3) is 0 Å². The van der Waals surface area contributed by atoms with Crippen molar-refractivity contribution in [2.24, 2.45) is 0 Å². The molecular weight excluding hydrogens is 294 g/mol. The molecule has 1 aromatic rings. The van der Waals surface area contributed by atoms with Gasteiger partial charge in [0.2, 0.25) is 10.0 Å². The van der Waals surface area contributed by atoms with Crippen LogP contribution in [0.4, 0.5) is 0 Å². The van der Waals surface area contributed by atoms with E-state index in [-0.39, 0.29) is 30.2 Å². The average Bonchev–Trinajstić information content (AvgIpc) is 2.40. The summed E-state index contributed by atoms with van der Waals surface area (Å²) >= 11 is 0. The Morgan fingerprint density at radius 3 is 2.33 bits per heavy atom. The number of rotatable bonds is 7. The van der Waals surface area contributed by atoms with E-state index in [1.165, 1.54) is 16.4 Å². The number of carboxylic acids is 1. The Labute approximate surface area is 125 Å². The molecule has 0 aliphatic heterocycles. The Hall–Kier alpha value is -1.44. The van der Waals surface area contributed by atoms with Crippen LogP contribution in [-0.4, -0.2) is 48.6 Å². The highest BCUT2D eigenvalue weighted by Gasteiger charge is 2.27. The smallest absolute Gasteiger partial charge is 0.335 e. The number of benzene rings is 1. The lowest BCUT2D eigenvalue weighted by Crippen LogP contribution is -2.34. The van der Waals surface area contributed by atoms with E-state index in [0.29, 0.717) is 17.5 Å². The molecule has 0 aromatic heterocycles. The highest BCUT2D eigenvalue weighted by molar-refractivity contribution is 7.89. The normalized spacial score (nSPS) is 11.9. The predicted octanol–water partition coefficient (Wildman–Crippen LogP) is 1.39. The van der Waals surface area contributed by atoms with Gasteiger partial charge >= 0.3 is 5.97 Å². The number of carbonyl (C=O) groups is 1. The summed E-state index contributed by atoms with van der Waals surface area (Å²) in [6.45, 7) is 5.15. The second-order valence-electron chi connectivity index (χ2n) is 4.85. The highest BCUT2D eigenvalue weighted by Crippen LogP contribution is 2.24. The Bertz CT molecular complexity index is 618. The Morgan fingerprint density at radius 1 is 1.24 bits per heavy atom. The van der Waals surface area contributed by atoms with Crippen molar-refractivity contribution in [2.45, 2.75) is 32.1 Å². The van der Waals surface area contributed by atoms with Crippen LogP contribution in [0.15, 0.2) is 17.0 Å². The molecule has 0 saturated carbocycles. The summed E-state index contributed by atoms with van der Waals surface area (Å²) in [6, 6.07) is 2.63. The Morgan fingerprint density at radius 2 is 1.86 bits per heavy atom. The van der Waals surface area contributed by atoms with Gasteiger partial charge in [0.1, 0.15) is 0 Å². The monoisotopic (exact) mass is 315 g/mol. The molecule has 0 aliphatic carbocycles. The lowest BCUT2D eigenvalue weighted by atomic mass is 10.1. The minimum Gasteiger partial charge on any atom is -0.478 e. The summed E-state index contributed by atoms with van der Waals surface area (Å²) < 4.78 is 26.5. The third-order valence-corrected chi connectivity index (χ3v) is 5.33. The van der Waals surface area contributed by atoms with Crippen molar-refractivity contribution in [1.82, 2.24) is 4.31 Å². The number of aromatic carboxylic acids is 1. The molecule has 1 aromatic carbocycles. The lowest BCUT2D eigenvalue weighted by Gasteiger charge is -2.22. The molecule has 0 heterocycles. The van der Waals surface area contributed by atoms with Crippen molar-refractivity contribution >= 4 is 16.0 Å². The van der Waals surface area contributed by atoms with E-state index in [0.717, 1.165) is 0 Å². The molecule has 6 nitrogen and oxygen atoms in total. The van der Waals surface area contributed by atoms with E-state index in [4.69, 9.17) is 10.2 Å². The van der Waals surface area contributed by atoms with Gasteiger partial charge in [0.25, 0.3) is 0 Å². The highest BCUT2D eigenvalue weighted by atomic mass is 32.2. The summed E-state index contributed by atoms with van der Waals surface area (Å²) in [5.41, 5.74) is 1.07. The van der Waals surface area contributed by atoms with Crippen LogP contribution in [0.1, 0.15) is 34.8 Å². The summed E-state index contributed by atoms with van der Waals surface area (Å²) in [5, 5.41) is 18.1. The summed E-state index contributed by atoms with van der Waals surface area (Å²) in [6.07, 6.45) is 0.607. The van der Waals surface area contributed by atoms with Gasteiger partial charge in [-0.3, -0.25) is 0 Å². The van der Waals surface area contributed by atoms with Gasteiger partial charge < -0.3 is 10.2 Å². The van der Waals surface area contributed by atoms with E-state index < -0.39 is 16.0 Å². The fourth-order valence-electron chi connectivity index (χ4n) is 2.07. The maximum absolute atomic E-state index is 12.7. The second kappa shape index (κ2) is 7.02. The van der Waals surface area contributed by atoms with E-state index in [1.54, 1.807) is 13.8 Å². The summed E-state index contributed by atoms with van der Waals surface area (Å²) in [4.78, 5) is 11.1. The molecule has 7 heteroatoms. The molecule has 0 unspecified atom stereocenters. The van der Waals surface area contributed by atoms with E-state index in [2.05, 4.69) is 0 Å². The number of hydrogen-bond donors (Lipinski definition) is 2. The molecule has 0 bridgehead atoms. The standard InChI is InChI=1S/C14H21NO5S/c1-4-5-15(6-7-16)21(19,20)13-9-12(14(17)18)8-10(2)11(13)3/h8-9,16H,4-7H2,1-3H3,(H,17,18). The van der Waals surface area contributed by atoms with Gasteiger partial charge in [-0.15, -0.1) is 0 Å². The third kappa shape index (κ3) is 3.81. The fraction of sp³-hybridized carbons (Fsp3) is 0.500. The number of aliphatic hydroxyl groups is 1. The summed E-state index contributed by atoms with van der Waals surface area (Å²) in [7, 11) is -3.82. The van der Waals surface area contributed by atoms with Crippen molar-refractivity contribution in [3.63, 3.8) is 0 Å². The van der Waals surface area contributed by atoms with Crippen molar-refractivity contribution in [2.75, 3.05) is 19.7 Å². The number of aryl methyl sites for hydroxylation is 1. The predicted molar refractivity (Wildman–Crippen MR) is 79.0 cm³/mol. The Balaban J connectivity index is 3.45. The zero-order valence-corrected chi connectivity index (χ0v) is 13.3. The quantitative estimate of drug-likeness (QED) is 0.793. The van der Waals surface area contributed by atoms with Gasteiger partial charge in [-0.25, -0.2) is 13.2 Å². The molecule has 21 heavy (non-hydrogen) atoms. The number of carboxylic acid groups (broad SMARTS) is 1. The lowest BCUT2D eigenvalue weighted by molar-refractivity contribution is 0.0696. The number of hydrogen-bond acceptors (Lipinski definition) is 4. The van der Waals surface area contributed by atoms with Gasteiger partial charge in [-0.1, -0.05) is 6.92 Å². The molecule has 118 valence electrons. The first-order valence-corrected chi connectivity index (χ1v) is 8.15. The van der Waals surface area contributed by atoms with Crippen LogP contribution in [0.3, 0.4) is 0 Å². The maximum atomic E-state index is 12.7. The van der Waals surface area contributed by atoms with Crippen molar-refractivity contribution < 1.29 is 23.4 Å². The maximum Gasteiger partial charge on any atom is 0.335 e. The third-order valence-electron chi connectivity index (χ3n) is 3.31. The molecule has 0 radical (unpaired) electrons. The van der Waals surface area contributed by atoms with E-state index >= 15 is 0 Å². The SMILES string of the molecule is CCCN(CCO)S(=O)(=O)c1cc(C(=O)O)cc(C)c1C. The molecule has 0 aliphatic rings. The van der Waals surface area contributed by atoms with Crippen LogP contribution in [-0.2, 0) is 10.0 Å². The molecule has 0 amide bonds. The zero-order chi connectivity index (χ0) is 16.2. The molecule has 0 spiro atoms. The molecule has 1 rings (SSSR count). The van der Waals surface area contributed by atoms with Crippen LogP contribution in [0.5, 0.6) is 0 Å². The Kier molecular flexibility index (Phi) is 5.88. The second-order valence-corrected chi connectivity index (χ2v) is 6.76. The minimum absolute atomic E-state index is 0.00798. The molecule has 0 fully saturated rings. The van der Waals surface area contributed by atoms with Gasteiger partial charge in [-0.05, 0) is 43.5 Å². The fourth-order valence-corrected chi connectivity index (χ4v) is 3.92. The first-order chi connectivity index (χ1) is 9.75. The number of sulfonamides is 1. The van der Waals surface area contributed by atoms with Crippen LogP contribution >= 0.6 is 0 Å². The van der Waals surface area contributed by atoms with Gasteiger partial charge in [0, 0.05) is 13.1 Å². The van der Waals surface area contributed by atoms with Crippen molar-refractivity contribution in [3.05, 3.63) is 28.8 Å². The van der Waals surface area contributed by atoms with Gasteiger partial charge in [0.05, 0.1) is 17.1 Å². The van der Waals surface area contributed by atoms with Gasteiger partial charge in [-0.2, -0.15) is 4.31 Å². The molecule has 0 saturated heterocycles. The van der Waals surface area contributed by atoms with Crippen LogP contribution in [0.2, 0.25) is 0 Å². The van der Waals surface area contributed by atoms with Crippen molar-refractivity contribution in [1.29, 1.82) is 0 Å². The molecule has 2 N–H and O–H groups in total. The topological polar surface area (TPSA) is 94.9 Å².